The molecule has 0 saturated heterocycles. The van der Waals surface area contributed by atoms with E-state index in [1.807, 2.05) is 30.8 Å². The molecule has 0 spiro atoms. The van der Waals surface area contributed by atoms with Gasteiger partial charge in [0.2, 0.25) is 11.8 Å². The van der Waals surface area contributed by atoms with Crippen molar-refractivity contribution in [1.82, 2.24) is 25.0 Å². The topological polar surface area (TPSA) is 82.0 Å². The van der Waals surface area contributed by atoms with Gasteiger partial charge in [-0.15, -0.1) is 43.8 Å². The molecule has 0 aliphatic carbocycles. The fourth-order valence-corrected chi connectivity index (χ4v) is 5.99. The molecule has 0 amide bonds. The molecule has 10 heteroatoms. The lowest BCUT2D eigenvalue weighted by Crippen LogP contribution is -2.17. The van der Waals surface area contributed by atoms with Gasteiger partial charge in [-0.2, -0.15) is 0 Å². The minimum absolute atomic E-state index is 0.174. The number of aliphatic imine (C=N–C) groups is 1. The summed E-state index contributed by atoms with van der Waals surface area (Å²) in [4.78, 5) is 5.27. The zero-order chi connectivity index (χ0) is 22.6. The van der Waals surface area contributed by atoms with Crippen molar-refractivity contribution >= 4 is 45.7 Å². The molecule has 2 unspecified atom stereocenters. The van der Waals surface area contributed by atoms with Gasteiger partial charge in [-0.05, 0) is 37.5 Å². The van der Waals surface area contributed by atoms with Crippen LogP contribution in [0.3, 0.4) is 0 Å². The summed E-state index contributed by atoms with van der Waals surface area (Å²) >= 11 is 14.0. The van der Waals surface area contributed by atoms with Crippen LogP contribution in [0, 0.1) is 19.8 Å². The van der Waals surface area contributed by atoms with Gasteiger partial charge in [0.1, 0.15) is 17.7 Å². The Morgan fingerprint density at radius 3 is 2.59 bits per heavy atom. The van der Waals surface area contributed by atoms with E-state index in [0.29, 0.717) is 34.4 Å². The lowest BCUT2D eigenvalue weighted by Gasteiger charge is -2.18. The highest BCUT2D eigenvalue weighted by atomic mass is 35.5. The van der Waals surface area contributed by atoms with E-state index in [9.17, 15) is 0 Å². The molecule has 32 heavy (non-hydrogen) atoms. The molecule has 5 rings (SSSR count). The molecule has 3 aromatic rings. The second kappa shape index (κ2) is 8.32. The Kier molecular flexibility index (Phi) is 5.63. The minimum atomic E-state index is -0.335. The molecule has 7 nitrogen and oxygen atoms in total. The van der Waals surface area contributed by atoms with Gasteiger partial charge >= 0.3 is 0 Å². The van der Waals surface area contributed by atoms with Crippen LogP contribution in [0.2, 0.25) is 5.02 Å². The van der Waals surface area contributed by atoms with Crippen molar-refractivity contribution in [1.29, 1.82) is 0 Å². The van der Waals surface area contributed by atoms with E-state index in [1.165, 1.54) is 5.57 Å². The molecule has 4 heterocycles. The Labute approximate surface area is 200 Å². The maximum Gasteiger partial charge on any atom is 0.231 e. The lowest BCUT2D eigenvalue weighted by molar-refractivity contribution is 0.444. The van der Waals surface area contributed by atoms with E-state index in [0.717, 1.165) is 33.5 Å². The van der Waals surface area contributed by atoms with Crippen LogP contribution in [0.25, 0.3) is 5.03 Å². The number of aryl methyl sites for hydroxylation is 2. The average Bonchev–Trinajstić information content (AvgIpc) is 3.42. The van der Waals surface area contributed by atoms with Crippen LogP contribution in [0.1, 0.15) is 54.4 Å². The second-order valence-corrected chi connectivity index (χ2v) is 10.2. The van der Waals surface area contributed by atoms with Crippen molar-refractivity contribution in [2.75, 3.05) is 0 Å². The first-order chi connectivity index (χ1) is 15.4. The van der Waals surface area contributed by atoms with Crippen LogP contribution in [0.5, 0.6) is 0 Å². The van der Waals surface area contributed by atoms with Crippen molar-refractivity contribution in [2.24, 2.45) is 10.9 Å². The monoisotopic (exact) mass is 488 g/mol. The molecule has 166 valence electrons. The van der Waals surface area contributed by atoms with Crippen LogP contribution in [0.15, 0.2) is 33.2 Å². The number of thioether (sulfide) groups is 1. The maximum atomic E-state index is 6.26. The number of rotatable bonds is 4. The fourth-order valence-electron chi connectivity index (χ4n) is 4.22. The van der Waals surface area contributed by atoms with Gasteiger partial charge in [0, 0.05) is 21.4 Å². The SMILES string of the molecule is Cc1cc(Cl)ccc1C1=N[C@@H](Cc2nnc(CCl)o2)c2nnc(C)n2C2=C1C(C)C(C)S2. The highest BCUT2D eigenvalue weighted by Gasteiger charge is 2.39. The van der Waals surface area contributed by atoms with Crippen molar-refractivity contribution in [3.8, 4) is 0 Å². The van der Waals surface area contributed by atoms with E-state index >= 15 is 0 Å². The van der Waals surface area contributed by atoms with Gasteiger partial charge in [0.25, 0.3) is 0 Å². The highest BCUT2D eigenvalue weighted by Crippen LogP contribution is 2.49. The van der Waals surface area contributed by atoms with Crippen LogP contribution < -0.4 is 0 Å². The average molecular weight is 489 g/mol. The summed E-state index contributed by atoms with van der Waals surface area (Å²) in [6, 6.07) is 5.61. The Morgan fingerprint density at radius 1 is 1.09 bits per heavy atom. The predicted molar refractivity (Wildman–Crippen MR) is 127 cm³/mol. The van der Waals surface area contributed by atoms with E-state index in [1.54, 1.807) is 0 Å². The zero-order valence-corrected chi connectivity index (χ0v) is 20.5. The van der Waals surface area contributed by atoms with Crippen molar-refractivity contribution in [2.45, 2.75) is 51.3 Å². The molecule has 0 bridgehead atoms. The minimum Gasteiger partial charge on any atom is -0.424 e. The van der Waals surface area contributed by atoms with E-state index in [2.05, 4.69) is 51.8 Å². The Morgan fingerprint density at radius 2 is 1.88 bits per heavy atom. The van der Waals surface area contributed by atoms with Crippen molar-refractivity contribution in [3.63, 3.8) is 0 Å². The van der Waals surface area contributed by atoms with E-state index in [4.69, 9.17) is 32.6 Å². The van der Waals surface area contributed by atoms with E-state index in [-0.39, 0.29) is 11.9 Å². The summed E-state index contributed by atoms with van der Waals surface area (Å²) in [5.41, 5.74) is 4.32. The molecule has 0 saturated carbocycles. The number of benzene rings is 1. The summed E-state index contributed by atoms with van der Waals surface area (Å²) in [7, 11) is 0. The molecule has 1 aromatic carbocycles. The van der Waals surface area contributed by atoms with Gasteiger partial charge in [-0.25, -0.2) is 0 Å². The normalized spacial score (nSPS) is 22.6. The predicted octanol–water partition coefficient (Wildman–Crippen LogP) is 5.40. The third-order valence-corrected chi connectivity index (χ3v) is 7.88. The smallest absolute Gasteiger partial charge is 0.231 e. The Hall–Kier alpha value is -2.16. The number of fused-ring (bicyclic) bond motifs is 2. The summed E-state index contributed by atoms with van der Waals surface area (Å²) in [5.74, 6) is 2.96. The lowest BCUT2D eigenvalue weighted by atomic mass is 9.89. The molecule has 0 N–H and O–H groups in total. The van der Waals surface area contributed by atoms with Gasteiger partial charge in [0.15, 0.2) is 5.82 Å². The number of nitrogens with zero attached hydrogens (tertiary/aromatic N) is 6. The fraction of sp³-hybridized carbons (Fsp3) is 0.409. The van der Waals surface area contributed by atoms with Crippen LogP contribution in [-0.2, 0) is 12.3 Å². The highest BCUT2D eigenvalue weighted by molar-refractivity contribution is 8.08. The van der Waals surface area contributed by atoms with Gasteiger partial charge in [-0.3, -0.25) is 9.56 Å². The first kappa shape index (κ1) is 21.7. The number of hydrogen-bond donors (Lipinski definition) is 0. The van der Waals surface area contributed by atoms with E-state index < -0.39 is 0 Å². The third kappa shape index (κ3) is 3.58. The summed E-state index contributed by atoms with van der Waals surface area (Å²) < 4.78 is 7.84. The standard InChI is InChI=1S/C22H22Cl2N6OS/c1-10-7-14(24)5-6-15(10)20-19-11(2)12(3)32-22(19)30-13(4)26-29-21(30)16(25-20)8-17-27-28-18(9-23)31-17/h5-7,11-12,16H,8-9H2,1-4H3/t11?,12?,16-/m0/s1. The first-order valence-electron chi connectivity index (χ1n) is 10.4. The molecule has 3 atom stereocenters. The molecule has 2 aromatic heterocycles. The van der Waals surface area contributed by atoms with Gasteiger partial charge < -0.3 is 4.42 Å². The number of aromatic nitrogens is 5. The quantitative estimate of drug-likeness (QED) is 0.457. The largest absolute Gasteiger partial charge is 0.424 e. The number of hydrogen-bond acceptors (Lipinski definition) is 7. The number of alkyl halides is 1. The summed E-state index contributed by atoms with van der Waals surface area (Å²) in [5, 5.41) is 19.3. The Bertz CT molecular complexity index is 1260. The van der Waals surface area contributed by atoms with Gasteiger partial charge in [0.05, 0.1) is 17.2 Å². The zero-order valence-electron chi connectivity index (χ0n) is 18.1. The van der Waals surface area contributed by atoms with Crippen LogP contribution in [-0.4, -0.2) is 35.9 Å². The van der Waals surface area contributed by atoms with Crippen molar-refractivity contribution in [3.05, 3.63) is 63.4 Å². The van der Waals surface area contributed by atoms with Gasteiger partial charge in [-0.1, -0.05) is 31.5 Å². The molecule has 2 aliphatic heterocycles. The molecular weight excluding hydrogens is 467 g/mol. The third-order valence-electron chi connectivity index (χ3n) is 6.01. The second-order valence-electron chi connectivity index (χ2n) is 8.15. The van der Waals surface area contributed by atoms with Crippen molar-refractivity contribution < 1.29 is 4.42 Å². The molecule has 0 radical (unpaired) electrons. The van der Waals surface area contributed by atoms with Crippen LogP contribution >= 0.6 is 35.0 Å². The van der Waals surface area contributed by atoms with Crippen LogP contribution in [0.4, 0.5) is 0 Å². The Balaban J connectivity index is 1.72. The molecule has 0 fully saturated rings. The maximum absolute atomic E-state index is 6.26. The first-order valence-corrected chi connectivity index (χ1v) is 12.2. The summed E-state index contributed by atoms with van der Waals surface area (Å²) in [6.07, 6.45) is 0.410. The summed E-state index contributed by atoms with van der Waals surface area (Å²) in [6.45, 7) is 8.55. The number of halogens is 2. The molecule has 2 aliphatic rings. The number of allylic oxidation sites excluding steroid dienone is 1. The molecular formula is C22H22Cl2N6OS.